The molecule has 0 radical (unpaired) electrons. The largest absolute Gasteiger partial charge is 0.454 e. The molecular weight excluding hydrogens is 268 g/mol. The molecule has 0 fully saturated rings. The van der Waals surface area contributed by atoms with Gasteiger partial charge < -0.3 is 14.4 Å². The summed E-state index contributed by atoms with van der Waals surface area (Å²) in [5, 5.41) is 0. The molecule has 116 valence electrons. The van der Waals surface area contributed by atoms with E-state index in [1.54, 1.807) is 12.1 Å². The minimum Gasteiger partial charge on any atom is -0.454 e. The van der Waals surface area contributed by atoms with E-state index in [1.165, 1.54) is 0 Å². The summed E-state index contributed by atoms with van der Waals surface area (Å²) in [6.45, 7) is 5.62. The molecule has 0 saturated carbocycles. The fourth-order valence-corrected chi connectivity index (χ4v) is 2.32. The molecular formula is C16H24N2O3. The summed E-state index contributed by atoms with van der Waals surface area (Å²) in [5.41, 5.74) is 0.685. The summed E-state index contributed by atoms with van der Waals surface area (Å²) >= 11 is 0. The summed E-state index contributed by atoms with van der Waals surface area (Å²) in [7, 11) is 4.13. The molecule has 2 rings (SSSR count). The number of nitrogens with zero attached hydrogens (tertiary/aromatic N) is 2. The first-order chi connectivity index (χ1) is 10.1. The van der Waals surface area contributed by atoms with Gasteiger partial charge in [0.2, 0.25) is 6.79 Å². The quantitative estimate of drug-likeness (QED) is 0.684. The van der Waals surface area contributed by atoms with Gasteiger partial charge in [-0.05, 0) is 58.3 Å². The van der Waals surface area contributed by atoms with E-state index in [2.05, 4.69) is 30.8 Å². The summed E-state index contributed by atoms with van der Waals surface area (Å²) < 4.78 is 10.6. The van der Waals surface area contributed by atoms with Crippen molar-refractivity contribution in [2.24, 2.45) is 0 Å². The highest BCUT2D eigenvalue weighted by Crippen LogP contribution is 2.32. The van der Waals surface area contributed by atoms with E-state index in [9.17, 15) is 4.79 Å². The van der Waals surface area contributed by atoms with Crippen molar-refractivity contribution in [3.63, 3.8) is 0 Å². The molecule has 1 aromatic rings. The number of fused-ring (bicyclic) bond motifs is 1. The Bertz CT molecular complexity index is 488. The van der Waals surface area contributed by atoms with Crippen LogP contribution in [0, 0.1) is 0 Å². The van der Waals surface area contributed by atoms with Crippen molar-refractivity contribution >= 4 is 5.78 Å². The van der Waals surface area contributed by atoms with Gasteiger partial charge in [0.15, 0.2) is 17.3 Å². The van der Waals surface area contributed by atoms with Crippen LogP contribution in [-0.2, 0) is 0 Å². The fourth-order valence-electron chi connectivity index (χ4n) is 2.32. The first kappa shape index (κ1) is 15.8. The van der Waals surface area contributed by atoms with Gasteiger partial charge in [0.25, 0.3) is 0 Å². The van der Waals surface area contributed by atoms with E-state index in [0.29, 0.717) is 23.6 Å². The van der Waals surface area contributed by atoms with Gasteiger partial charge in [0, 0.05) is 5.56 Å². The van der Waals surface area contributed by atoms with Crippen molar-refractivity contribution in [3.8, 4) is 11.5 Å². The molecule has 0 bridgehead atoms. The number of benzene rings is 1. The highest BCUT2D eigenvalue weighted by Gasteiger charge is 2.17. The SMILES string of the molecule is CCN(CCCN(C)C)CC(=O)c1ccc2c(c1)OCO2. The van der Waals surface area contributed by atoms with Crippen molar-refractivity contribution in [1.29, 1.82) is 0 Å². The predicted molar refractivity (Wildman–Crippen MR) is 82.2 cm³/mol. The zero-order valence-corrected chi connectivity index (χ0v) is 13.1. The molecule has 0 aromatic heterocycles. The van der Waals surface area contributed by atoms with E-state index in [1.807, 2.05) is 6.07 Å². The highest BCUT2D eigenvalue weighted by atomic mass is 16.7. The number of rotatable bonds is 8. The molecule has 0 aliphatic carbocycles. The van der Waals surface area contributed by atoms with E-state index < -0.39 is 0 Å². The average Bonchev–Trinajstić information content (AvgIpc) is 2.92. The lowest BCUT2D eigenvalue weighted by Gasteiger charge is -2.20. The van der Waals surface area contributed by atoms with Crippen LogP contribution in [-0.4, -0.2) is 62.7 Å². The Morgan fingerprint density at radius 1 is 1.19 bits per heavy atom. The monoisotopic (exact) mass is 292 g/mol. The molecule has 0 atom stereocenters. The summed E-state index contributed by atoms with van der Waals surface area (Å²) in [6.07, 6.45) is 1.06. The standard InChI is InChI=1S/C16H24N2O3/c1-4-18(9-5-8-17(2)3)11-14(19)13-6-7-15-16(10-13)21-12-20-15/h6-7,10H,4-5,8-9,11-12H2,1-3H3. The van der Waals surface area contributed by atoms with Gasteiger partial charge in [-0.3, -0.25) is 9.69 Å². The molecule has 0 amide bonds. The fraction of sp³-hybridized carbons (Fsp3) is 0.562. The Balaban J connectivity index is 1.90. The molecule has 5 heteroatoms. The zero-order chi connectivity index (χ0) is 15.2. The highest BCUT2D eigenvalue weighted by molar-refractivity contribution is 5.98. The third kappa shape index (κ3) is 4.44. The predicted octanol–water partition coefficient (Wildman–Crippen LogP) is 1.87. The number of carbonyl (C=O) groups excluding carboxylic acids is 1. The molecule has 0 unspecified atom stereocenters. The van der Waals surface area contributed by atoms with Crippen molar-refractivity contribution in [2.45, 2.75) is 13.3 Å². The lowest BCUT2D eigenvalue weighted by atomic mass is 10.1. The van der Waals surface area contributed by atoms with Crippen LogP contribution >= 0.6 is 0 Å². The van der Waals surface area contributed by atoms with E-state index in [-0.39, 0.29) is 12.6 Å². The van der Waals surface area contributed by atoms with Crippen LogP contribution in [0.3, 0.4) is 0 Å². The molecule has 1 aliphatic rings. The maximum Gasteiger partial charge on any atom is 0.231 e. The van der Waals surface area contributed by atoms with Gasteiger partial charge in [0.1, 0.15) is 0 Å². The second-order valence-electron chi connectivity index (χ2n) is 5.52. The molecule has 0 saturated heterocycles. The Kier molecular flexibility index (Phi) is 5.59. The normalized spacial score (nSPS) is 13.2. The van der Waals surface area contributed by atoms with Crippen molar-refractivity contribution in [2.75, 3.05) is 47.1 Å². The molecule has 1 aromatic carbocycles. The van der Waals surface area contributed by atoms with Gasteiger partial charge in [0.05, 0.1) is 6.54 Å². The van der Waals surface area contributed by atoms with Crippen LogP contribution in [0.5, 0.6) is 11.5 Å². The first-order valence-corrected chi connectivity index (χ1v) is 7.40. The van der Waals surface area contributed by atoms with Crippen molar-refractivity contribution in [1.82, 2.24) is 9.80 Å². The van der Waals surface area contributed by atoms with Gasteiger partial charge in [-0.15, -0.1) is 0 Å². The molecule has 1 aliphatic heterocycles. The minimum absolute atomic E-state index is 0.125. The molecule has 21 heavy (non-hydrogen) atoms. The van der Waals surface area contributed by atoms with E-state index in [0.717, 1.165) is 26.1 Å². The van der Waals surface area contributed by atoms with Crippen LogP contribution < -0.4 is 9.47 Å². The first-order valence-electron chi connectivity index (χ1n) is 7.40. The zero-order valence-electron chi connectivity index (χ0n) is 13.1. The van der Waals surface area contributed by atoms with Crippen LogP contribution in [0.4, 0.5) is 0 Å². The maximum atomic E-state index is 12.4. The third-order valence-corrected chi connectivity index (χ3v) is 3.59. The number of hydrogen-bond donors (Lipinski definition) is 0. The summed E-state index contributed by atoms with van der Waals surface area (Å²) in [5.74, 6) is 1.50. The number of hydrogen-bond acceptors (Lipinski definition) is 5. The smallest absolute Gasteiger partial charge is 0.231 e. The number of ketones is 1. The van der Waals surface area contributed by atoms with Crippen LogP contribution in [0.1, 0.15) is 23.7 Å². The van der Waals surface area contributed by atoms with Gasteiger partial charge in [-0.25, -0.2) is 0 Å². The Morgan fingerprint density at radius 3 is 2.67 bits per heavy atom. The van der Waals surface area contributed by atoms with E-state index >= 15 is 0 Å². The maximum absolute atomic E-state index is 12.4. The molecule has 1 heterocycles. The Labute approximate surface area is 126 Å². The summed E-state index contributed by atoms with van der Waals surface area (Å²) in [4.78, 5) is 16.7. The minimum atomic E-state index is 0.125. The molecule has 0 spiro atoms. The topological polar surface area (TPSA) is 42.0 Å². The number of carbonyl (C=O) groups is 1. The van der Waals surface area contributed by atoms with Crippen LogP contribution in [0.15, 0.2) is 18.2 Å². The second kappa shape index (κ2) is 7.43. The van der Waals surface area contributed by atoms with Crippen molar-refractivity contribution < 1.29 is 14.3 Å². The average molecular weight is 292 g/mol. The Hall–Kier alpha value is -1.59. The number of ether oxygens (including phenoxy) is 2. The number of Topliss-reactive ketones (excluding diaryl/α,β-unsaturated/α-hetero) is 1. The second-order valence-corrected chi connectivity index (χ2v) is 5.52. The Morgan fingerprint density at radius 2 is 1.95 bits per heavy atom. The molecule has 0 N–H and O–H groups in total. The third-order valence-electron chi connectivity index (χ3n) is 3.59. The van der Waals surface area contributed by atoms with Crippen LogP contribution in [0.25, 0.3) is 0 Å². The van der Waals surface area contributed by atoms with Gasteiger partial charge in [-0.1, -0.05) is 6.92 Å². The lowest BCUT2D eigenvalue weighted by molar-refractivity contribution is 0.0931. The number of likely N-dealkylation sites (N-methyl/N-ethyl adjacent to an activating group) is 1. The molecule has 5 nitrogen and oxygen atoms in total. The van der Waals surface area contributed by atoms with Crippen molar-refractivity contribution in [3.05, 3.63) is 23.8 Å². The van der Waals surface area contributed by atoms with E-state index in [4.69, 9.17) is 9.47 Å². The van der Waals surface area contributed by atoms with Gasteiger partial charge in [-0.2, -0.15) is 0 Å². The lowest BCUT2D eigenvalue weighted by Crippen LogP contribution is -2.32. The van der Waals surface area contributed by atoms with Gasteiger partial charge >= 0.3 is 0 Å². The summed E-state index contributed by atoms with van der Waals surface area (Å²) in [6, 6.07) is 5.39. The van der Waals surface area contributed by atoms with Crippen LogP contribution in [0.2, 0.25) is 0 Å².